The van der Waals surface area contributed by atoms with Gasteiger partial charge in [0.2, 0.25) is 5.88 Å². The van der Waals surface area contributed by atoms with Crippen molar-refractivity contribution in [1.82, 2.24) is 4.98 Å². The van der Waals surface area contributed by atoms with E-state index in [1.54, 1.807) is 31.4 Å². The van der Waals surface area contributed by atoms with E-state index in [0.29, 0.717) is 59.0 Å². The Morgan fingerprint density at radius 1 is 0.970 bits per heavy atom. The summed E-state index contributed by atoms with van der Waals surface area (Å²) in [5.41, 5.74) is 3.44. The van der Waals surface area contributed by atoms with Gasteiger partial charge in [0.15, 0.2) is 0 Å². The second-order valence-electron chi connectivity index (χ2n) is 7.37. The zero-order chi connectivity index (χ0) is 23.1. The first-order valence-electron chi connectivity index (χ1n) is 10.1. The van der Waals surface area contributed by atoms with E-state index in [1.807, 2.05) is 24.3 Å². The van der Waals surface area contributed by atoms with Gasteiger partial charge in [-0.15, -0.1) is 0 Å². The van der Waals surface area contributed by atoms with E-state index >= 15 is 4.39 Å². The minimum absolute atomic E-state index is 0.394. The molecule has 164 valence electrons. The van der Waals surface area contributed by atoms with Crippen molar-refractivity contribution in [3.63, 3.8) is 0 Å². The number of halogens is 3. The van der Waals surface area contributed by atoms with Gasteiger partial charge in [-0.05, 0) is 82.2 Å². The van der Waals surface area contributed by atoms with Crippen molar-refractivity contribution in [3.8, 4) is 28.1 Å². The van der Waals surface area contributed by atoms with Gasteiger partial charge in [0.1, 0.15) is 22.8 Å². The lowest BCUT2D eigenvalue weighted by Crippen LogP contribution is -2.07. The summed E-state index contributed by atoms with van der Waals surface area (Å²) in [6.07, 6.45) is 1.63. The van der Waals surface area contributed by atoms with Crippen LogP contribution in [0.25, 0.3) is 44.2 Å². The van der Waals surface area contributed by atoms with Crippen LogP contribution in [0.1, 0.15) is 0 Å². The highest BCUT2D eigenvalue weighted by Crippen LogP contribution is 2.38. The van der Waals surface area contributed by atoms with Gasteiger partial charge < -0.3 is 9.15 Å². The highest BCUT2D eigenvalue weighted by molar-refractivity contribution is 14.1. The number of benzene rings is 3. The summed E-state index contributed by atoms with van der Waals surface area (Å²) in [6.45, 7) is 0. The van der Waals surface area contributed by atoms with Gasteiger partial charge >= 0.3 is 0 Å². The van der Waals surface area contributed by atoms with Crippen molar-refractivity contribution in [3.05, 3.63) is 87.4 Å². The summed E-state index contributed by atoms with van der Waals surface area (Å²) in [5.74, 6) is -0.378. The van der Waals surface area contributed by atoms with Gasteiger partial charge in [-0.1, -0.05) is 12.1 Å². The van der Waals surface area contributed by atoms with Crippen LogP contribution in [0, 0.1) is 15.2 Å². The average Bonchev–Trinajstić information content (AvgIpc) is 2.82. The maximum atomic E-state index is 15.7. The SMILES string of the molecule is CN=c1c2cc(F)ccc2oc2cccc(-c3c(F)cc(-c4cccnc4OC)cc3I)c12. The second kappa shape index (κ2) is 8.55. The molecule has 0 spiro atoms. The molecule has 0 saturated carbocycles. The van der Waals surface area contributed by atoms with Crippen LogP contribution in [-0.4, -0.2) is 19.1 Å². The van der Waals surface area contributed by atoms with Crippen LogP contribution < -0.4 is 10.1 Å². The lowest BCUT2D eigenvalue weighted by atomic mass is 9.96. The minimum Gasteiger partial charge on any atom is -0.481 e. The molecule has 5 aromatic rings. The molecule has 0 fully saturated rings. The van der Waals surface area contributed by atoms with Crippen molar-refractivity contribution in [2.24, 2.45) is 4.99 Å². The Labute approximate surface area is 201 Å². The molecule has 3 aromatic carbocycles. The van der Waals surface area contributed by atoms with Crippen molar-refractivity contribution in [2.45, 2.75) is 0 Å². The fourth-order valence-corrected chi connectivity index (χ4v) is 4.97. The summed E-state index contributed by atoms with van der Waals surface area (Å²) in [4.78, 5) is 8.64. The van der Waals surface area contributed by atoms with Gasteiger partial charge in [0, 0.05) is 33.3 Å². The number of methoxy groups -OCH3 is 1. The van der Waals surface area contributed by atoms with Crippen LogP contribution in [0.2, 0.25) is 0 Å². The molecule has 0 saturated heterocycles. The van der Waals surface area contributed by atoms with E-state index in [-0.39, 0.29) is 0 Å². The molecule has 2 aromatic heterocycles. The number of hydrogen-bond donors (Lipinski definition) is 0. The lowest BCUT2D eigenvalue weighted by Gasteiger charge is -2.14. The molecule has 4 nitrogen and oxygen atoms in total. The van der Waals surface area contributed by atoms with E-state index in [0.717, 1.165) is 0 Å². The zero-order valence-corrected chi connectivity index (χ0v) is 19.9. The Balaban J connectivity index is 1.81. The fraction of sp³-hybridized carbons (Fsp3) is 0.0769. The number of fused-ring (bicyclic) bond motifs is 2. The summed E-state index contributed by atoms with van der Waals surface area (Å²) >= 11 is 2.12. The molecule has 0 radical (unpaired) electrons. The molecule has 33 heavy (non-hydrogen) atoms. The van der Waals surface area contributed by atoms with Crippen LogP contribution in [0.5, 0.6) is 5.88 Å². The average molecular weight is 554 g/mol. The molecule has 0 bridgehead atoms. The van der Waals surface area contributed by atoms with Gasteiger partial charge in [0.05, 0.1) is 17.9 Å². The number of hydrogen-bond acceptors (Lipinski definition) is 4. The summed E-state index contributed by atoms with van der Waals surface area (Å²) in [5, 5.41) is 1.71. The Morgan fingerprint density at radius 2 is 1.79 bits per heavy atom. The fourth-order valence-electron chi connectivity index (χ4n) is 4.09. The minimum atomic E-state index is -0.406. The highest BCUT2D eigenvalue weighted by Gasteiger charge is 2.19. The van der Waals surface area contributed by atoms with Crippen molar-refractivity contribution >= 4 is 44.5 Å². The zero-order valence-electron chi connectivity index (χ0n) is 17.7. The quantitative estimate of drug-likeness (QED) is 0.184. The standard InChI is InChI=1S/C26H17F2IN2O2/c1-30-25-18-13-15(27)8-9-21(18)33-22-7-3-5-17(24(22)25)23-19(28)11-14(12-20(23)29)16-6-4-10-31-26(16)32-2/h3-13H,1-2H3. The summed E-state index contributed by atoms with van der Waals surface area (Å²) < 4.78 is 41.8. The van der Waals surface area contributed by atoms with E-state index in [9.17, 15) is 4.39 Å². The first-order valence-corrected chi connectivity index (χ1v) is 11.2. The number of ether oxygens (including phenoxy) is 1. The summed E-state index contributed by atoms with van der Waals surface area (Å²) in [6, 6.07) is 16.7. The highest BCUT2D eigenvalue weighted by atomic mass is 127. The van der Waals surface area contributed by atoms with Crippen LogP contribution >= 0.6 is 22.6 Å². The molecule has 0 N–H and O–H groups in total. The third-order valence-corrected chi connectivity index (χ3v) is 6.34. The second-order valence-corrected chi connectivity index (χ2v) is 8.53. The van der Waals surface area contributed by atoms with Crippen LogP contribution in [0.3, 0.4) is 0 Å². The van der Waals surface area contributed by atoms with Crippen LogP contribution in [0.15, 0.2) is 76.3 Å². The predicted molar refractivity (Wildman–Crippen MR) is 133 cm³/mol. The molecule has 0 amide bonds. The summed E-state index contributed by atoms with van der Waals surface area (Å²) in [7, 11) is 3.17. The molecule has 7 heteroatoms. The largest absolute Gasteiger partial charge is 0.481 e. The van der Waals surface area contributed by atoms with Crippen molar-refractivity contribution < 1.29 is 17.9 Å². The molecule has 0 aliphatic rings. The first-order chi connectivity index (χ1) is 16.0. The number of rotatable bonds is 3. The van der Waals surface area contributed by atoms with Gasteiger partial charge in [-0.3, -0.25) is 4.99 Å². The van der Waals surface area contributed by atoms with Crippen LogP contribution in [-0.2, 0) is 0 Å². The normalized spacial score (nSPS) is 12.0. The maximum Gasteiger partial charge on any atom is 0.221 e. The Bertz CT molecular complexity index is 1590. The maximum absolute atomic E-state index is 15.7. The van der Waals surface area contributed by atoms with Crippen LogP contribution in [0.4, 0.5) is 8.78 Å². The molecule has 2 heterocycles. The molecular weight excluding hydrogens is 537 g/mol. The molecule has 0 unspecified atom stereocenters. The Morgan fingerprint density at radius 3 is 2.55 bits per heavy atom. The predicted octanol–water partition coefficient (Wildman–Crippen LogP) is 6.74. The smallest absolute Gasteiger partial charge is 0.221 e. The Kier molecular flexibility index (Phi) is 5.57. The third-order valence-electron chi connectivity index (χ3n) is 5.49. The van der Waals surface area contributed by atoms with Gasteiger partial charge in [0.25, 0.3) is 0 Å². The molecule has 5 rings (SSSR count). The van der Waals surface area contributed by atoms with Gasteiger partial charge in [-0.2, -0.15) is 0 Å². The van der Waals surface area contributed by atoms with Crippen molar-refractivity contribution in [1.29, 1.82) is 0 Å². The van der Waals surface area contributed by atoms with E-state index in [4.69, 9.17) is 9.15 Å². The Hall–Kier alpha value is -3.33. The van der Waals surface area contributed by atoms with Gasteiger partial charge in [-0.25, -0.2) is 13.8 Å². The monoisotopic (exact) mass is 554 g/mol. The third kappa shape index (κ3) is 3.66. The first kappa shape index (κ1) is 21.5. The topological polar surface area (TPSA) is 47.6 Å². The van der Waals surface area contributed by atoms with E-state index < -0.39 is 11.6 Å². The van der Waals surface area contributed by atoms with Crippen molar-refractivity contribution in [2.75, 3.05) is 14.2 Å². The van der Waals surface area contributed by atoms with E-state index in [2.05, 4.69) is 32.6 Å². The molecule has 0 aliphatic carbocycles. The molecule has 0 aliphatic heterocycles. The lowest BCUT2D eigenvalue weighted by molar-refractivity contribution is 0.399. The molecule has 0 atom stereocenters. The van der Waals surface area contributed by atoms with E-state index in [1.165, 1.54) is 25.3 Å². The number of pyridine rings is 1. The number of nitrogens with zero attached hydrogens (tertiary/aromatic N) is 2. The number of aromatic nitrogens is 1. The molecular formula is C26H17F2IN2O2.